The molecule has 2 aromatic carbocycles. The summed E-state index contributed by atoms with van der Waals surface area (Å²) < 4.78 is -1.15. The summed E-state index contributed by atoms with van der Waals surface area (Å²) in [5, 5.41) is 14.8. The Hall–Kier alpha value is -2.75. The first-order valence-corrected chi connectivity index (χ1v) is 13.5. The number of rotatable bonds is 7. The van der Waals surface area contributed by atoms with Crippen LogP contribution in [0, 0.1) is 0 Å². The predicted octanol–water partition coefficient (Wildman–Crippen LogP) is 3.97. The van der Waals surface area contributed by atoms with E-state index in [9.17, 15) is 19.5 Å². The lowest BCUT2D eigenvalue weighted by molar-refractivity contribution is -0.152. The molecule has 2 fully saturated rings. The average Bonchev–Trinajstić information content (AvgIpc) is 3.38. The molecule has 1 aromatic heterocycles. The topological polar surface area (TPSA) is 86.7 Å². The van der Waals surface area contributed by atoms with Crippen LogP contribution in [0.1, 0.15) is 5.56 Å². The number of carbonyl (C=O) groups is 3. The molecule has 3 atom stereocenters. The Morgan fingerprint density at radius 2 is 1.94 bits per heavy atom. The number of benzene rings is 2. The Morgan fingerprint density at radius 3 is 2.68 bits per heavy atom. The molecule has 0 bridgehead atoms. The van der Waals surface area contributed by atoms with E-state index in [0.717, 1.165) is 20.9 Å². The third kappa shape index (κ3) is 4.47. The van der Waals surface area contributed by atoms with Crippen LogP contribution >= 0.6 is 34.9 Å². The number of hydrogen-bond acceptors (Lipinski definition) is 6. The molecule has 9 heteroatoms. The predicted molar refractivity (Wildman–Crippen MR) is 136 cm³/mol. The van der Waals surface area contributed by atoms with Gasteiger partial charge in [-0.1, -0.05) is 48.5 Å². The first-order valence-electron chi connectivity index (χ1n) is 10.8. The van der Waals surface area contributed by atoms with Gasteiger partial charge >= 0.3 is 5.97 Å². The minimum absolute atomic E-state index is 0.109. The van der Waals surface area contributed by atoms with Gasteiger partial charge in [0.2, 0.25) is 11.8 Å². The quantitative estimate of drug-likeness (QED) is 0.468. The summed E-state index contributed by atoms with van der Waals surface area (Å²) in [6.07, 6.45) is 0.206. The van der Waals surface area contributed by atoms with Gasteiger partial charge in [0.25, 0.3) is 0 Å². The van der Waals surface area contributed by atoms with E-state index in [1.54, 1.807) is 16.2 Å². The van der Waals surface area contributed by atoms with Gasteiger partial charge in [-0.05, 0) is 34.7 Å². The fraction of sp³-hybridized carbons (Fsp3) is 0.240. The molecule has 6 nitrogen and oxygen atoms in total. The molecule has 0 aliphatic carbocycles. The number of amides is 2. The zero-order valence-electron chi connectivity index (χ0n) is 18.0. The number of fused-ring (bicyclic) bond motifs is 1. The Bertz CT molecular complexity index is 1220. The molecule has 5 rings (SSSR count). The Morgan fingerprint density at radius 1 is 1.12 bits per heavy atom. The van der Waals surface area contributed by atoms with Crippen molar-refractivity contribution in [1.82, 2.24) is 10.2 Å². The molecule has 0 radical (unpaired) electrons. The second-order valence-electron chi connectivity index (χ2n) is 8.28. The molecule has 34 heavy (non-hydrogen) atoms. The second-order valence-corrected chi connectivity index (χ2v) is 11.8. The molecule has 2 saturated heterocycles. The molecule has 2 amide bonds. The van der Waals surface area contributed by atoms with Gasteiger partial charge in [-0.3, -0.25) is 14.4 Å². The number of nitrogens with one attached hydrogen (secondary N) is 1. The first kappa shape index (κ1) is 23.0. The maximum absolute atomic E-state index is 12.9. The van der Waals surface area contributed by atoms with E-state index in [2.05, 4.69) is 5.32 Å². The van der Waals surface area contributed by atoms with Crippen LogP contribution in [0.15, 0.2) is 77.0 Å². The standard InChI is InChI=1S/C25H22N2O4S3/c28-20(12-16-6-2-1-3-7-16)26-21-22(29)27-14-25(24(30)31,15-33-23(21)27)34-18-9-4-8-17(13-18)19-10-5-11-32-19/h1-11,13,21,23H,12,14-15H2,(H,26,28)(H,30,31)/t21-,23-,25?/m1/s1. The maximum Gasteiger partial charge on any atom is 0.322 e. The van der Waals surface area contributed by atoms with E-state index < -0.39 is 16.8 Å². The molecule has 3 aromatic rings. The summed E-state index contributed by atoms with van der Waals surface area (Å²) in [5.41, 5.74) is 1.93. The SMILES string of the molecule is O=C(Cc1ccccc1)N[C@@H]1C(=O)N2CC(Sc3cccc(-c4cccs4)c3)(C(=O)O)CS[C@H]12. The lowest BCUT2D eigenvalue weighted by atomic mass is 10.0. The van der Waals surface area contributed by atoms with Crippen LogP contribution in [0.5, 0.6) is 0 Å². The van der Waals surface area contributed by atoms with E-state index in [1.165, 1.54) is 23.5 Å². The summed E-state index contributed by atoms with van der Waals surface area (Å²) >= 11 is 4.35. The third-order valence-corrected chi connectivity index (χ3v) is 9.88. The summed E-state index contributed by atoms with van der Waals surface area (Å²) in [6, 6.07) is 20.6. The van der Waals surface area contributed by atoms with Crippen molar-refractivity contribution >= 4 is 52.6 Å². The summed E-state index contributed by atoms with van der Waals surface area (Å²) in [4.78, 5) is 41.3. The minimum atomic E-state index is -1.15. The number of carboxylic acids is 1. The fourth-order valence-electron chi connectivity index (χ4n) is 4.17. The lowest BCUT2D eigenvalue weighted by Crippen LogP contribution is -2.74. The highest BCUT2D eigenvalue weighted by molar-refractivity contribution is 8.05. The number of thiophene rings is 1. The zero-order valence-corrected chi connectivity index (χ0v) is 20.5. The first-order chi connectivity index (χ1) is 16.4. The number of aliphatic carboxylic acids is 1. The van der Waals surface area contributed by atoms with Crippen LogP contribution < -0.4 is 5.32 Å². The monoisotopic (exact) mass is 510 g/mol. The van der Waals surface area contributed by atoms with Crippen LogP contribution in [-0.4, -0.2) is 56.3 Å². The second kappa shape index (κ2) is 9.48. The smallest absolute Gasteiger partial charge is 0.322 e. The maximum atomic E-state index is 12.9. The highest BCUT2D eigenvalue weighted by Crippen LogP contribution is 2.46. The number of hydrogen-bond donors (Lipinski definition) is 2. The largest absolute Gasteiger partial charge is 0.480 e. The van der Waals surface area contributed by atoms with Crippen LogP contribution in [0.3, 0.4) is 0 Å². The van der Waals surface area contributed by atoms with Crippen LogP contribution in [0.25, 0.3) is 10.4 Å². The van der Waals surface area contributed by atoms with E-state index in [4.69, 9.17) is 0 Å². The van der Waals surface area contributed by atoms with Gasteiger partial charge in [0.1, 0.15) is 16.2 Å². The number of β-lactam (4-membered cyclic amide) rings is 1. The Balaban J connectivity index is 1.26. The fourth-order valence-corrected chi connectivity index (χ4v) is 7.80. The normalized spacial score (nSPS) is 23.6. The van der Waals surface area contributed by atoms with Crippen molar-refractivity contribution in [3.63, 3.8) is 0 Å². The number of nitrogens with zero attached hydrogens (tertiary/aromatic N) is 1. The van der Waals surface area contributed by atoms with Crippen molar-refractivity contribution in [1.29, 1.82) is 0 Å². The minimum Gasteiger partial charge on any atom is -0.480 e. The molecule has 3 heterocycles. The summed E-state index contributed by atoms with van der Waals surface area (Å²) in [7, 11) is 0. The molecule has 2 aliphatic rings. The molecular weight excluding hydrogens is 488 g/mol. The molecule has 2 N–H and O–H groups in total. The van der Waals surface area contributed by atoms with Crippen LogP contribution in [0.2, 0.25) is 0 Å². The van der Waals surface area contributed by atoms with Gasteiger partial charge in [0.05, 0.1) is 6.42 Å². The summed E-state index contributed by atoms with van der Waals surface area (Å²) in [6.45, 7) is 0.109. The molecular formula is C25H22N2O4S3. The van der Waals surface area contributed by atoms with Crippen LogP contribution in [-0.2, 0) is 20.8 Å². The van der Waals surface area contributed by atoms with Gasteiger partial charge in [-0.25, -0.2) is 0 Å². The van der Waals surface area contributed by atoms with E-state index in [1.807, 2.05) is 72.1 Å². The average molecular weight is 511 g/mol. The van der Waals surface area contributed by atoms with Gasteiger partial charge in [0.15, 0.2) is 0 Å². The van der Waals surface area contributed by atoms with E-state index in [0.29, 0.717) is 5.75 Å². The van der Waals surface area contributed by atoms with Crippen molar-refractivity contribution < 1.29 is 19.5 Å². The highest BCUT2D eigenvalue weighted by atomic mass is 32.2. The number of thioether (sulfide) groups is 2. The van der Waals surface area contributed by atoms with E-state index >= 15 is 0 Å². The number of carboxylic acid groups (broad SMARTS) is 1. The molecule has 0 spiro atoms. The molecule has 2 aliphatic heterocycles. The van der Waals surface area contributed by atoms with Crippen molar-refractivity contribution in [3.05, 3.63) is 77.7 Å². The number of carbonyl (C=O) groups excluding carboxylic acids is 2. The van der Waals surface area contributed by atoms with Crippen molar-refractivity contribution in [2.45, 2.75) is 27.5 Å². The molecule has 1 unspecified atom stereocenters. The van der Waals surface area contributed by atoms with Crippen molar-refractivity contribution in [2.75, 3.05) is 12.3 Å². The van der Waals surface area contributed by atoms with Gasteiger partial charge in [-0.15, -0.1) is 34.9 Å². The van der Waals surface area contributed by atoms with Crippen LogP contribution in [0.4, 0.5) is 0 Å². The molecule has 0 saturated carbocycles. The zero-order chi connectivity index (χ0) is 23.7. The third-order valence-electron chi connectivity index (χ3n) is 5.92. The Labute approximate surface area is 209 Å². The lowest BCUT2D eigenvalue weighted by Gasteiger charge is -2.53. The van der Waals surface area contributed by atoms with Crippen molar-refractivity contribution in [2.24, 2.45) is 0 Å². The van der Waals surface area contributed by atoms with Gasteiger partial charge in [0, 0.05) is 22.1 Å². The van der Waals surface area contributed by atoms with Gasteiger partial charge < -0.3 is 15.3 Å². The van der Waals surface area contributed by atoms with E-state index in [-0.39, 0.29) is 30.2 Å². The molecule has 174 valence electrons. The van der Waals surface area contributed by atoms with Gasteiger partial charge in [-0.2, -0.15) is 0 Å². The Kier molecular flexibility index (Phi) is 6.42. The summed E-state index contributed by atoms with van der Waals surface area (Å²) in [5.74, 6) is -1.03. The van der Waals surface area contributed by atoms with Crippen molar-refractivity contribution in [3.8, 4) is 10.4 Å². The highest BCUT2D eigenvalue weighted by Gasteiger charge is 2.57.